The van der Waals surface area contributed by atoms with Gasteiger partial charge in [-0.25, -0.2) is 4.98 Å². The van der Waals surface area contributed by atoms with Crippen molar-refractivity contribution in [2.24, 2.45) is 0 Å². The SMILES string of the molecule is CCC(=O)Nc1cc(C(=O)NCC(C)N(CC)CC)cc(Cl)n1. The highest BCUT2D eigenvalue weighted by atomic mass is 35.5. The summed E-state index contributed by atoms with van der Waals surface area (Å²) in [4.78, 5) is 30.0. The number of nitrogens with zero attached hydrogens (tertiary/aromatic N) is 2. The van der Waals surface area contributed by atoms with Crippen molar-refractivity contribution in [2.75, 3.05) is 25.0 Å². The molecule has 1 rings (SSSR count). The Hall–Kier alpha value is -1.66. The summed E-state index contributed by atoms with van der Waals surface area (Å²) in [6.45, 7) is 10.4. The summed E-state index contributed by atoms with van der Waals surface area (Å²) in [6, 6.07) is 3.25. The summed E-state index contributed by atoms with van der Waals surface area (Å²) in [5.74, 6) is -0.132. The molecule has 0 spiro atoms. The average molecular weight is 341 g/mol. The van der Waals surface area contributed by atoms with Crippen molar-refractivity contribution >= 4 is 29.2 Å². The first-order valence-corrected chi connectivity index (χ1v) is 8.28. The van der Waals surface area contributed by atoms with Crippen LogP contribution in [0, 0.1) is 0 Å². The maximum absolute atomic E-state index is 12.3. The van der Waals surface area contributed by atoms with Crippen LogP contribution >= 0.6 is 11.6 Å². The molecule has 23 heavy (non-hydrogen) atoms. The van der Waals surface area contributed by atoms with E-state index in [0.29, 0.717) is 18.5 Å². The zero-order valence-corrected chi connectivity index (χ0v) is 14.9. The largest absolute Gasteiger partial charge is 0.350 e. The lowest BCUT2D eigenvalue weighted by Gasteiger charge is -2.26. The van der Waals surface area contributed by atoms with Gasteiger partial charge in [0.15, 0.2) is 0 Å². The molecule has 0 aliphatic heterocycles. The van der Waals surface area contributed by atoms with Gasteiger partial charge in [0.1, 0.15) is 11.0 Å². The fraction of sp³-hybridized carbons (Fsp3) is 0.562. The summed E-state index contributed by atoms with van der Waals surface area (Å²) in [6.07, 6.45) is 0.330. The number of halogens is 1. The Morgan fingerprint density at radius 1 is 1.26 bits per heavy atom. The van der Waals surface area contributed by atoms with E-state index in [1.54, 1.807) is 6.92 Å². The van der Waals surface area contributed by atoms with E-state index in [4.69, 9.17) is 11.6 Å². The minimum atomic E-state index is -0.236. The van der Waals surface area contributed by atoms with Gasteiger partial charge in [-0.3, -0.25) is 14.5 Å². The third-order valence-corrected chi connectivity index (χ3v) is 3.83. The number of amides is 2. The highest BCUT2D eigenvalue weighted by Gasteiger charge is 2.14. The predicted molar refractivity (Wildman–Crippen MR) is 92.9 cm³/mol. The summed E-state index contributed by atoms with van der Waals surface area (Å²) in [7, 11) is 0. The number of hydrogen-bond donors (Lipinski definition) is 2. The van der Waals surface area contributed by atoms with Crippen LogP contribution in [0.15, 0.2) is 12.1 Å². The van der Waals surface area contributed by atoms with Crippen LogP contribution in [-0.2, 0) is 4.79 Å². The fourth-order valence-electron chi connectivity index (χ4n) is 2.24. The number of aromatic nitrogens is 1. The van der Waals surface area contributed by atoms with Gasteiger partial charge < -0.3 is 10.6 Å². The molecule has 1 heterocycles. The van der Waals surface area contributed by atoms with Crippen molar-refractivity contribution < 1.29 is 9.59 Å². The van der Waals surface area contributed by atoms with Gasteiger partial charge in [-0.05, 0) is 32.1 Å². The molecule has 2 N–H and O–H groups in total. The molecule has 7 heteroatoms. The summed E-state index contributed by atoms with van der Waals surface area (Å²) < 4.78 is 0. The van der Waals surface area contributed by atoms with E-state index >= 15 is 0 Å². The van der Waals surface area contributed by atoms with Crippen LogP contribution in [0.1, 0.15) is 44.5 Å². The van der Waals surface area contributed by atoms with Gasteiger partial charge in [-0.1, -0.05) is 32.4 Å². The lowest BCUT2D eigenvalue weighted by atomic mass is 10.2. The summed E-state index contributed by atoms with van der Waals surface area (Å²) >= 11 is 5.93. The fourth-order valence-corrected chi connectivity index (χ4v) is 2.45. The Labute approximate surface area is 142 Å². The van der Waals surface area contributed by atoms with Crippen LogP contribution in [-0.4, -0.2) is 47.4 Å². The molecule has 1 atom stereocenters. The number of carbonyl (C=O) groups is 2. The number of nitrogens with one attached hydrogen (secondary N) is 2. The zero-order chi connectivity index (χ0) is 17.4. The first-order chi connectivity index (χ1) is 10.9. The molecule has 1 aromatic rings. The predicted octanol–water partition coefficient (Wildman–Crippen LogP) is 2.54. The van der Waals surface area contributed by atoms with Gasteiger partial charge in [0.25, 0.3) is 5.91 Å². The number of rotatable bonds is 8. The molecule has 0 radical (unpaired) electrons. The van der Waals surface area contributed by atoms with Crippen LogP contribution in [0.25, 0.3) is 0 Å². The Morgan fingerprint density at radius 3 is 2.48 bits per heavy atom. The van der Waals surface area contributed by atoms with E-state index < -0.39 is 0 Å². The second-order valence-corrected chi connectivity index (χ2v) is 5.63. The molecule has 6 nitrogen and oxygen atoms in total. The number of likely N-dealkylation sites (N-methyl/N-ethyl adjacent to an activating group) is 1. The highest BCUT2D eigenvalue weighted by molar-refractivity contribution is 6.30. The average Bonchev–Trinajstić information content (AvgIpc) is 2.52. The molecule has 0 saturated heterocycles. The second kappa shape index (κ2) is 9.47. The second-order valence-electron chi connectivity index (χ2n) is 5.25. The lowest BCUT2D eigenvalue weighted by molar-refractivity contribution is -0.115. The molecule has 0 fully saturated rings. The normalized spacial score (nSPS) is 12.1. The van der Waals surface area contributed by atoms with E-state index in [1.807, 2.05) is 0 Å². The molecular formula is C16H25ClN4O2. The third kappa shape index (κ3) is 6.15. The van der Waals surface area contributed by atoms with Gasteiger partial charge in [0.2, 0.25) is 5.91 Å². The van der Waals surface area contributed by atoms with Crippen LogP contribution in [0.4, 0.5) is 5.82 Å². The Balaban J connectivity index is 2.74. The van der Waals surface area contributed by atoms with E-state index in [1.165, 1.54) is 12.1 Å². The number of carbonyl (C=O) groups excluding carboxylic acids is 2. The van der Waals surface area contributed by atoms with Gasteiger partial charge in [0.05, 0.1) is 0 Å². The minimum Gasteiger partial charge on any atom is -0.350 e. The Bertz CT molecular complexity index is 547. The van der Waals surface area contributed by atoms with Crippen LogP contribution in [0.3, 0.4) is 0 Å². The molecular weight excluding hydrogens is 316 g/mol. The molecule has 2 amide bonds. The molecule has 0 aliphatic carbocycles. The van der Waals surface area contributed by atoms with Crippen molar-refractivity contribution in [1.82, 2.24) is 15.2 Å². The quantitative estimate of drug-likeness (QED) is 0.713. The number of hydrogen-bond acceptors (Lipinski definition) is 4. The van der Waals surface area contributed by atoms with Crippen LogP contribution < -0.4 is 10.6 Å². The first kappa shape index (κ1) is 19.4. The number of pyridine rings is 1. The van der Waals surface area contributed by atoms with E-state index in [-0.39, 0.29) is 28.8 Å². The monoisotopic (exact) mass is 340 g/mol. The standard InChI is InChI=1S/C16H25ClN4O2/c1-5-15(22)20-14-9-12(8-13(17)19-14)16(23)18-10-11(4)21(6-2)7-3/h8-9,11H,5-7,10H2,1-4H3,(H,18,23)(H,19,20,22). The summed E-state index contributed by atoms with van der Waals surface area (Å²) in [5.41, 5.74) is 0.378. The third-order valence-electron chi connectivity index (χ3n) is 3.64. The van der Waals surface area contributed by atoms with Crippen molar-refractivity contribution in [3.63, 3.8) is 0 Å². The van der Waals surface area contributed by atoms with Gasteiger partial charge in [0, 0.05) is 24.6 Å². The van der Waals surface area contributed by atoms with Gasteiger partial charge in [-0.2, -0.15) is 0 Å². The lowest BCUT2D eigenvalue weighted by Crippen LogP contribution is -2.42. The van der Waals surface area contributed by atoms with Crippen molar-refractivity contribution in [1.29, 1.82) is 0 Å². The maximum atomic E-state index is 12.3. The molecule has 0 bridgehead atoms. The molecule has 0 saturated carbocycles. The van der Waals surface area contributed by atoms with Gasteiger partial charge in [-0.15, -0.1) is 0 Å². The van der Waals surface area contributed by atoms with Crippen molar-refractivity contribution in [3.05, 3.63) is 22.8 Å². The van der Waals surface area contributed by atoms with Crippen LogP contribution in [0.5, 0.6) is 0 Å². The van der Waals surface area contributed by atoms with E-state index in [9.17, 15) is 9.59 Å². The molecule has 0 aliphatic rings. The minimum absolute atomic E-state index is 0.167. The smallest absolute Gasteiger partial charge is 0.251 e. The molecule has 1 aromatic heterocycles. The van der Waals surface area contributed by atoms with Gasteiger partial charge >= 0.3 is 0 Å². The highest BCUT2D eigenvalue weighted by Crippen LogP contribution is 2.15. The molecule has 1 unspecified atom stereocenters. The van der Waals surface area contributed by atoms with E-state index in [2.05, 4.69) is 41.3 Å². The van der Waals surface area contributed by atoms with Crippen LogP contribution in [0.2, 0.25) is 5.15 Å². The van der Waals surface area contributed by atoms with Crippen molar-refractivity contribution in [2.45, 2.75) is 40.2 Å². The molecule has 128 valence electrons. The number of anilines is 1. The first-order valence-electron chi connectivity index (χ1n) is 7.90. The van der Waals surface area contributed by atoms with E-state index in [0.717, 1.165) is 13.1 Å². The Morgan fingerprint density at radius 2 is 1.91 bits per heavy atom. The Kier molecular flexibility index (Phi) is 7.98. The summed E-state index contributed by atoms with van der Waals surface area (Å²) in [5, 5.41) is 5.66. The van der Waals surface area contributed by atoms with Crippen molar-refractivity contribution in [3.8, 4) is 0 Å². The topological polar surface area (TPSA) is 74.3 Å². The zero-order valence-electron chi connectivity index (χ0n) is 14.1. The molecule has 0 aromatic carbocycles. The maximum Gasteiger partial charge on any atom is 0.251 e.